The van der Waals surface area contributed by atoms with Gasteiger partial charge in [-0.05, 0) is 6.07 Å². The van der Waals surface area contributed by atoms with Crippen LogP contribution in [0.4, 0.5) is 0 Å². The standard InChI is InChI=1S/C8H10O3/c1-2-5-10-8-4-3-7(6-9)11-8/h2-4,9H,1,5-6H2. The predicted molar refractivity (Wildman–Crippen MR) is 40.3 cm³/mol. The van der Waals surface area contributed by atoms with Gasteiger partial charge in [-0.3, -0.25) is 0 Å². The van der Waals surface area contributed by atoms with E-state index in [1.54, 1.807) is 18.2 Å². The third kappa shape index (κ3) is 2.13. The van der Waals surface area contributed by atoms with Crippen molar-refractivity contribution in [2.45, 2.75) is 6.61 Å². The van der Waals surface area contributed by atoms with Crippen LogP contribution in [0.15, 0.2) is 29.2 Å². The lowest BCUT2D eigenvalue weighted by Gasteiger charge is -1.95. The second-order valence-electron chi connectivity index (χ2n) is 1.98. The average molecular weight is 154 g/mol. The molecule has 0 spiro atoms. The van der Waals surface area contributed by atoms with Gasteiger partial charge in [0.1, 0.15) is 19.0 Å². The molecule has 0 amide bonds. The van der Waals surface area contributed by atoms with Gasteiger partial charge in [0.15, 0.2) is 0 Å². The molecule has 3 nitrogen and oxygen atoms in total. The highest BCUT2D eigenvalue weighted by atomic mass is 16.6. The van der Waals surface area contributed by atoms with Gasteiger partial charge in [-0.15, -0.1) is 0 Å². The zero-order valence-corrected chi connectivity index (χ0v) is 6.12. The Bertz CT molecular complexity index is 227. The maximum Gasteiger partial charge on any atom is 0.284 e. The zero-order valence-electron chi connectivity index (χ0n) is 6.12. The molecule has 0 radical (unpaired) electrons. The first-order valence-electron chi connectivity index (χ1n) is 3.30. The number of hydrogen-bond acceptors (Lipinski definition) is 3. The molecule has 1 aromatic heterocycles. The van der Waals surface area contributed by atoms with E-state index < -0.39 is 0 Å². The van der Waals surface area contributed by atoms with Crippen molar-refractivity contribution in [2.75, 3.05) is 6.61 Å². The topological polar surface area (TPSA) is 42.6 Å². The number of aliphatic hydroxyl groups excluding tert-OH is 1. The fraction of sp³-hybridized carbons (Fsp3) is 0.250. The fourth-order valence-electron chi connectivity index (χ4n) is 0.662. The lowest BCUT2D eigenvalue weighted by atomic mass is 10.5. The molecule has 0 fully saturated rings. The number of furan rings is 1. The molecule has 0 saturated heterocycles. The lowest BCUT2D eigenvalue weighted by Crippen LogP contribution is -1.90. The Balaban J connectivity index is 2.50. The van der Waals surface area contributed by atoms with Crippen molar-refractivity contribution >= 4 is 0 Å². The van der Waals surface area contributed by atoms with Gasteiger partial charge in [0, 0.05) is 6.07 Å². The van der Waals surface area contributed by atoms with E-state index >= 15 is 0 Å². The second kappa shape index (κ2) is 3.83. The summed E-state index contributed by atoms with van der Waals surface area (Å²) in [6.07, 6.45) is 1.63. The van der Waals surface area contributed by atoms with E-state index in [4.69, 9.17) is 14.3 Å². The van der Waals surface area contributed by atoms with Crippen molar-refractivity contribution < 1.29 is 14.3 Å². The summed E-state index contributed by atoms with van der Waals surface area (Å²) in [5.74, 6) is 0.915. The molecule has 0 bridgehead atoms. The van der Waals surface area contributed by atoms with E-state index in [0.717, 1.165) is 0 Å². The quantitative estimate of drug-likeness (QED) is 0.665. The molecule has 60 valence electrons. The summed E-state index contributed by atoms with van der Waals surface area (Å²) in [5.41, 5.74) is 0. The van der Waals surface area contributed by atoms with E-state index in [1.165, 1.54) is 0 Å². The van der Waals surface area contributed by atoms with Crippen molar-refractivity contribution in [1.29, 1.82) is 0 Å². The Morgan fingerprint density at radius 3 is 3.00 bits per heavy atom. The minimum Gasteiger partial charge on any atom is -0.461 e. The molecule has 1 rings (SSSR count). The average Bonchev–Trinajstić information content (AvgIpc) is 2.48. The normalized spacial score (nSPS) is 9.55. The van der Waals surface area contributed by atoms with E-state index in [0.29, 0.717) is 18.3 Å². The zero-order chi connectivity index (χ0) is 8.10. The maximum atomic E-state index is 8.61. The first-order valence-corrected chi connectivity index (χ1v) is 3.30. The molecule has 0 aliphatic carbocycles. The van der Waals surface area contributed by atoms with Gasteiger partial charge in [-0.2, -0.15) is 0 Å². The highest BCUT2D eigenvalue weighted by Crippen LogP contribution is 2.15. The van der Waals surface area contributed by atoms with Crippen LogP contribution in [0.25, 0.3) is 0 Å². The Kier molecular flexibility index (Phi) is 2.74. The van der Waals surface area contributed by atoms with Gasteiger partial charge in [0.25, 0.3) is 5.95 Å². The van der Waals surface area contributed by atoms with Crippen LogP contribution in [-0.4, -0.2) is 11.7 Å². The summed E-state index contributed by atoms with van der Waals surface area (Å²) in [4.78, 5) is 0. The van der Waals surface area contributed by atoms with Gasteiger partial charge in [0.2, 0.25) is 0 Å². The van der Waals surface area contributed by atoms with Crippen LogP contribution in [0.3, 0.4) is 0 Å². The molecule has 0 aromatic carbocycles. The third-order valence-electron chi connectivity index (χ3n) is 1.14. The Labute approximate surface area is 64.9 Å². The van der Waals surface area contributed by atoms with Crippen molar-refractivity contribution in [3.8, 4) is 5.95 Å². The van der Waals surface area contributed by atoms with Crippen LogP contribution in [0.2, 0.25) is 0 Å². The van der Waals surface area contributed by atoms with Gasteiger partial charge < -0.3 is 14.3 Å². The molecular weight excluding hydrogens is 144 g/mol. The number of aliphatic hydroxyl groups is 1. The molecule has 3 heteroatoms. The summed E-state index contributed by atoms with van der Waals surface area (Å²) in [7, 11) is 0. The summed E-state index contributed by atoms with van der Waals surface area (Å²) in [6, 6.07) is 3.33. The number of ether oxygens (including phenoxy) is 1. The van der Waals surface area contributed by atoms with E-state index in [-0.39, 0.29) is 6.61 Å². The van der Waals surface area contributed by atoms with Crippen LogP contribution < -0.4 is 4.74 Å². The Morgan fingerprint density at radius 2 is 2.45 bits per heavy atom. The molecular formula is C8H10O3. The molecule has 1 heterocycles. The van der Waals surface area contributed by atoms with E-state index in [2.05, 4.69) is 6.58 Å². The molecule has 0 unspecified atom stereocenters. The largest absolute Gasteiger partial charge is 0.461 e. The van der Waals surface area contributed by atoms with E-state index in [9.17, 15) is 0 Å². The highest BCUT2D eigenvalue weighted by Gasteiger charge is 1.99. The molecule has 0 saturated carbocycles. The summed E-state index contributed by atoms with van der Waals surface area (Å²) >= 11 is 0. The summed E-state index contributed by atoms with van der Waals surface area (Å²) in [5, 5.41) is 8.61. The minimum absolute atomic E-state index is 0.0998. The number of rotatable bonds is 4. The monoisotopic (exact) mass is 154 g/mol. The first-order chi connectivity index (χ1) is 5.36. The van der Waals surface area contributed by atoms with Crippen LogP contribution >= 0.6 is 0 Å². The van der Waals surface area contributed by atoms with Crippen molar-refractivity contribution in [2.24, 2.45) is 0 Å². The van der Waals surface area contributed by atoms with Crippen LogP contribution in [0.5, 0.6) is 5.95 Å². The molecule has 1 N–H and O–H groups in total. The lowest BCUT2D eigenvalue weighted by molar-refractivity contribution is 0.215. The maximum absolute atomic E-state index is 8.61. The van der Waals surface area contributed by atoms with Crippen LogP contribution in [0, 0.1) is 0 Å². The highest BCUT2D eigenvalue weighted by molar-refractivity contribution is 5.11. The van der Waals surface area contributed by atoms with Crippen LogP contribution in [0.1, 0.15) is 5.76 Å². The summed E-state index contributed by atoms with van der Waals surface area (Å²) < 4.78 is 10.1. The molecule has 0 aliphatic heterocycles. The molecule has 0 atom stereocenters. The third-order valence-corrected chi connectivity index (χ3v) is 1.14. The van der Waals surface area contributed by atoms with Crippen molar-refractivity contribution in [3.05, 3.63) is 30.5 Å². The van der Waals surface area contributed by atoms with Crippen molar-refractivity contribution in [1.82, 2.24) is 0 Å². The number of hydrogen-bond donors (Lipinski definition) is 1. The van der Waals surface area contributed by atoms with Gasteiger partial charge in [0.05, 0.1) is 0 Å². The van der Waals surface area contributed by atoms with Gasteiger partial charge in [-0.25, -0.2) is 0 Å². The van der Waals surface area contributed by atoms with E-state index in [1.807, 2.05) is 0 Å². The minimum atomic E-state index is -0.0998. The van der Waals surface area contributed by atoms with Gasteiger partial charge >= 0.3 is 0 Å². The Morgan fingerprint density at radius 1 is 1.64 bits per heavy atom. The molecule has 11 heavy (non-hydrogen) atoms. The van der Waals surface area contributed by atoms with Crippen molar-refractivity contribution in [3.63, 3.8) is 0 Å². The SMILES string of the molecule is C=CCOc1ccc(CO)o1. The fourth-order valence-corrected chi connectivity index (χ4v) is 0.662. The summed E-state index contributed by atoms with van der Waals surface area (Å²) in [6.45, 7) is 3.80. The molecule has 1 aromatic rings. The predicted octanol–water partition coefficient (Wildman–Crippen LogP) is 1.34. The van der Waals surface area contributed by atoms with Gasteiger partial charge in [-0.1, -0.05) is 12.7 Å². The smallest absolute Gasteiger partial charge is 0.284 e. The second-order valence-corrected chi connectivity index (χ2v) is 1.98. The first kappa shape index (κ1) is 7.88. The van der Waals surface area contributed by atoms with Crippen LogP contribution in [-0.2, 0) is 6.61 Å². The molecule has 0 aliphatic rings. The Hall–Kier alpha value is -1.22.